The number of hydrogen-bond donors (Lipinski definition) is 1. The molecule has 2 amide bonds. The molecule has 2 aliphatic rings. The third-order valence-electron chi connectivity index (χ3n) is 2.82. The van der Waals surface area contributed by atoms with Crippen molar-refractivity contribution in [2.24, 2.45) is 5.92 Å². The highest BCUT2D eigenvalue weighted by Gasteiger charge is 2.38. The Morgan fingerprint density at radius 3 is 2.27 bits per heavy atom. The quantitative estimate of drug-likeness (QED) is 0.636. The van der Waals surface area contributed by atoms with Crippen LogP contribution in [0.2, 0.25) is 0 Å². The van der Waals surface area contributed by atoms with E-state index in [1.807, 2.05) is 0 Å². The van der Waals surface area contributed by atoms with Gasteiger partial charge in [-0.15, -0.1) is 0 Å². The van der Waals surface area contributed by atoms with E-state index < -0.39 is 6.09 Å². The van der Waals surface area contributed by atoms with Crippen LogP contribution in [0.5, 0.6) is 0 Å². The number of rotatable bonds is 1. The first-order chi connectivity index (χ1) is 7.18. The molecule has 0 atom stereocenters. The lowest BCUT2D eigenvalue weighted by molar-refractivity contribution is -0.144. The highest BCUT2D eigenvalue weighted by Crippen LogP contribution is 2.18. The van der Waals surface area contributed by atoms with Crippen LogP contribution in [0.15, 0.2) is 0 Å². The lowest BCUT2D eigenvalue weighted by atomic mass is 9.99. The highest BCUT2D eigenvalue weighted by atomic mass is 16.5. The molecule has 0 bridgehead atoms. The van der Waals surface area contributed by atoms with Gasteiger partial charge in [-0.25, -0.2) is 4.79 Å². The fraction of sp³-hybridized carbons (Fsp3) is 0.778. The highest BCUT2D eigenvalue weighted by molar-refractivity contribution is 5.82. The summed E-state index contributed by atoms with van der Waals surface area (Å²) in [4.78, 5) is 25.3. The number of likely N-dealkylation sites (tertiary alicyclic amines) is 1. The van der Waals surface area contributed by atoms with Crippen molar-refractivity contribution in [3.05, 3.63) is 0 Å². The second kappa shape index (κ2) is 4.06. The van der Waals surface area contributed by atoms with Crippen LogP contribution in [0.3, 0.4) is 0 Å². The number of nitrogens with zero attached hydrogens (tertiary/aromatic N) is 2. The van der Waals surface area contributed by atoms with Crippen molar-refractivity contribution in [1.29, 1.82) is 0 Å². The number of ether oxygens (including phenoxy) is 1. The van der Waals surface area contributed by atoms with Crippen LogP contribution < -0.4 is 0 Å². The van der Waals surface area contributed by atoms with Gasteiger partial charge in [0.2, 0.25) is 5.91 Å². The van der Waals surface area contributed by atoms with Gasteiger partial charge in [0.25, 0.3) is 0 Å². The minimum Gasteiger partial charge on any atom is -0.465 e. The molecule has 1 N–H and O–H groups in total. The summed E-state index contributed by atoms with van der Waals surface area (Å²) in [6.07, 6.45) is -0.943. The topological polar surface area (TPSA) is 70.1 Å². The van der Waals surface area contributed by atoms with Gasteiger partial charge in [-0.2, -0.15) is 0 Å². The molecule has 2 heterocycles. The SMILES string of the molecule is O=C(O)N1CC(C(=O)N2CCOCC2)C1. The number of morpholine rings is 1. The standard InChI is InChI=1S/C9H14N2O4/c12-8(10-1-3-15-4-2-10)7-5-11(6-7)9(13)14/h7H,1-6H2,(H,13,14). The van der Waals surface area contributed by atoms with Crippen molar-refractivity contribution in [2.75, 3.05) is 39.4 Å². The lowest BCUT2D eigenvalue weighted by Crippen LogP contribution is -2.57. The number of amides is 2. The summed E-state index contributed by atoms with van der Waals surface area (Å²) >= 11 is 0. The van der Waals surface area contributed by atoms with Gasteiger partial charge in [0.05, 0.1) is 19.1 Å². The number of carbonyl (C=O) groups is 2. The fourth-order valence-corrected chi connectivity index (χ4v) is 1.83. The van der Waals surface area contributed by atoms with Crippen LogP contribution in [0, 0.1) is 5.92 Å². The van der Waals surface area contributed by atoms with E-state index in [0.717, 1.165) is 0 Å². The molecular formula is C9H14N2O4. The van der Waals surface area contributed by atoms with Gasteiger partial charge >= 0.3 is 6.09 Å². The Hall–Kier alpha value is -1.30. The summed E-state index contributed by atoms with van der Waals surface area (Å²) in [6, 6.07) is 0. The van der Waals surface area contributed by atoms with E-state index in [2.05, 4.69) is 0 Å². The van der Waals surface area contributed by atoms with Gasteiger partial charge in [0.15, 0.2) is 0 Å². The van der Waals surface area contributed by atoms with Crippen LogP contribution in [-0.4, -0.2) is 66.3 Å². The molecule has 6 heteroatoms. The van der Waals surface area contributed by atoms with Crippen molar-refractivity contribution in [3.8, 4) is 0 Å². The fourth-order valence-electron chi connectivity index (χ4n) is 1.83. The van der Waals surface area contributed by atoms with E-state index >= 15 is 0 Å². The Morgan fingerprint density at radius 2 is 1.73 bits per heavy atom. The molecule has 2 aliphatic heterocycles. The molecule has 0 saturated carbocycles. The maximum absolute atomic E-state index is 11.8. The molecule has 0 aromatic rings. The summed E-state index contributed by atoms with van der Waals surface area (Å²) in [5.74, 6) is -0.0741. The van der Waals surface area contributed by atoms with E-state index in [9.17, 15) is 9.59 Å². The molecule has 6 nitrogen and oxygen atoms in total. The first-order valence-electron chi connectivity index (χ1n) is 5.03. The lowest BCUT2D eigenvalue weighted by Gasteiger charge is -2.39. The minimum absolute atomic E-state index is 0.0656. The van der Waals surface area contributed by atoms with Crippen molar-refractivity contribution in [1.82, 2.24) is 9.80 Å². The number of hydrogen-bond acceptors (Lipinski definition) is 3. The zero-order valence-electron chi connectivity index (χ0n) is 8.39. The number of carboxylic acid groups (broad SMARTS) is 1. The van der Waals surface area contributed by atoms with E-state index in [1.165, 1.54) is 4.90 Å². The van der Waals surface area contributed by atoms with Gasteiger partial charge in [0, 0.05) is 26.2 Å². The van der Waals surface area contributed by atoms with Crippen LogP contribution in [0.1, 0.15) is 0 Å². The molecule has 0 aliphatic carbocycles. The Balaban J connectivity index is 1.80. The molecule has 15 heavy (non-hydrogen) atoms. The molecular weight excluding hydrogens is 200 g/mol. The van der Waals surface area contributed by atoms with Crippen molar-refractivity contribution < 1.29 is 19.4 Å². The van der Waals surface area contributed by atoms with Gasteiger partial charge in [0.1, 0.15) is 0 Å². The molecule has 0 spiro atoms. The smallest absolute Gasteiger partial charge is 0.407 e. The van der Waals surface area contributed by atoms with Crippen molar-refractivity contribution >= 4 is 12.0 Å². The average Bonchev–Trinajstić information content (AvgIpc) is 2.16. The molecule has 0 aromatic heterocycles. The van der Waals surface area contributed by atoms with E-state index in [4.69, 9.17) is 9.84 Å². The van der Waals surface area contributed by atoms with Crippen molar-refractivity contribution in [3.63, 3.8) is 0 Å². The molecule has 0 aromatic carbocycles. The summed E-state index contributed by atoms with van der Waals surface area (Å²) in [6.45, 7) is 3.10. The molecule has 2 saturated heterocycles. The van der Waals surface area contributed by atoms with E-state index in [1.54, 1.807) is 4.90 Å². The average molecular weight is 214 g/mol. The van der Waals surface area contributed by atoms with Gasteiger partial charge < -0.3 is 19.6 Å². The largest absolute Gasteiger partial charge is 0.465 e. The zero-order chi connectivity index (χ0) is 10.8. The third kappa shape index (κ3) is 2.04. The first kappa shape index (κ1) is 10.2. The Bertz CT molecular complexity index is 269. The Kier molecular flexibility index (Phi) is 2.77. The summed E-state index contributed by atoms with van der Waals surface area (Å²) < 4.78 is 5.14. The molecule has 0 radical (unpaired) electrons. The Labute approximate surface area is 87.4 Å². The maximum atomic E-state index is 11.8. The normalized spacial score (nSPS) is 22.4. The Morgan fingerprint density at radius 1 is 1.13 bits per heavy atom. The van der Waals surface area contributed by atoms with Gasteiger partial charge in [-0.05, 0) is 0 Å². The maximum Gasteiger partial charge on any atom is 0.407 e. The minimum atomic E-state index is -0.943. The second-order valence-electron chi connectivity index (χ2n) is 3.82. The monoisotopic (exact) mass is 214 g/mol. The number of carbonyl (C=O) groups excluding carboxylic acids is 1. The summed E-state index contributed by atoms with van der Waals surface area (Å²) in [5.41, 5.74) is 0. The van der Waals surface area contributed by atoms with Crippen LogP contribution in [-0.2, 0) is 9.53 Å². The molecule has 2 rings (SSSR count). The third-order valence-corrected chi connectivity index (χ3v) is 2.82. The summed E-state index contributed by atoms with van der Waals surface area (Å²) in [7, 11) is 0. The summed E-state index contributed by atoms with van der Waals surface area (Å²) in [5, 5.41) is 8.62. The van der Waals surface area contributed by atoms with Crippen LogP contribution >= 0.6 is 0 Å². The van der Waals surface area contributed by atoms with Gasteiger partial charge in [-0.1, -0.05) is 0 Å². The van der Waals surface area contributed by atoms with Crippen LogP contribution in [0.25, 0.3) is 0 Å². The van der Waals surface area contributed by atoms with Crippen LogP contribution in [0.4, 0.5) is 4.79 Å². The second-order valence-corrected chi connectivity index (χ2v) is 3.82. The van der Waals surface area contributed by atoms with E-state index in [0.29, 0.717) is 39.4 Å². The predicted molar refractivity (Wildman–Crippen MR) is 50.5 cm³/mol. The first-order valence-corrected chi connectivity index (χ1v) is 5.03. The molecule has 2 fully saturated rings. The predicted octanol–water partition coefficient (Wildman–Crippen LogP) is -0.545. The van der Waals surface area contributed by atoms with E-state index in [-0.39, 0.29) is 11.8 Å². The van der Waals surface area contributed by atoms with Gasteiger partial charge in [-0.3, -0.25) is 4.79 Å². The van der Waals surface area contributed by atoms with Crippen molar-refractivity contribution in [2.45, 2.75) is 0 Å². The zero-order valence-corrected chi connectivity index (χ0v) is 8.39. The molecule has 84 valence electrons. The molecule has 0 unspecified atom stereocenters.